The van der Waals surface area contributed by atoms with Crippen molar-refractivity contribution in [2.24, 2.45) is 0 Å². The first-order chi connectivity index (χ1) is 9.61. The van der Waals surface area contributed by atoms with Crippen LogP contribution in [0.2, 0.25) is 0 Å². The minimum absolute atomic E-state index is 0.177. The first-order valence-corrected chi connectivity index (χ1v) is 8.46. The third-order valence-electron chi connectivity index (χ3n) is 2.85. The minimum Gasteiger partial charge on any atom is -0.492 e. The number of hydrogen-bond acceptors (Lipinski definition) is 1. The quantitative estimate of drug-likeness (QED) is 0.516. The second-order valence-electron chi connectivity index (χ2n) is 4.46. The molecule has 0 heterocycles. The topological polar surface area (TPSA) is 9.23 Å². The third-order valence-corrected chi connectivity index (χ3v) is 4.47. The Kier molecular flexibility index (Phi) is 5.94. The van der Waals surface area contributed by atoms with E-state index in [9.17, 15) is 0 Å². The summed E-state index contributed by atoms with van der Waals surface area (Å²) < 4.78 is 7.61. The van der Waals surface area contributed by atoms with Gasteiger partial charge in [-0.05, 0) is 57.7 Å². The predicted octanol–water partition coefficient (Wildman–Crippen LogP) is 6.33. The van der Waals surface area contributed by atoms with Gasteiger partial charge in [-0.2, -0.15) is 0 Å². The molecule has 0 saturated heterocycles. The van der Waals surface area contributed by atoms with Gasteiger partial charge in [0.1, 0.15) is 5.75 Å². The van der Waals surface area contributed by atoms with Crippen molar-refractivity contribution >= 4 is 43.5 Å². The Morgan fingerprint density at radius 2 is 1.85 bits per heavy atom. The molecule has 1 nitrogen and oxygen atoms in total. The number of rotatable bonds is 5. The normalized spacial score (nSPS) is 12.2. The molecule has 0 aliphatic rings. The highest BCUT2D eigenvalue weighted by molar-refractivity contribution is 9.10. The van der Waals surface area contributed by atoms with Crippen LogP contribution in [0.5, 0.6) is 5.75 Å². The van der Waals surface area contributed by atoms with Gasteiger partial charge in [-0.1, -0.05) is 41.1 Å². The fourth-order valence-electron chi connectivity index (χ4n) is 1.86. The van der Waals surface area contributed by atoms with Gasteiger partial charge in [-0.25, -0.2) is 0 Å². The van der Waals surface area contributed by atoms with Crippen LogP contribution in [0.25, 0.3) is 0 Å². The molecule has 2 rings (SSSR count). The standard InChI is InChI=1S/C16H15Br2ClO/c1-2-8-20-15-7-6-12(10-14(15)18)16(19)11-4-3-5-13(17)9-11/h3-7,9-10,16H,2,8H2,1H3. The predicted molar refractivity (Wildman–Crippen MR) is 91.8 cm³/mol. The smallest absolute Gasteiger partial charge is 0.133 e. The van der Waals surface area contributed by atoms with Crippen LogP contribution in [-0.2, 0) is 0 Å². The molecular formula is C16H15Br2ClO. The van der Waals surface area contributed by atoms with Gasteiger partial charge in [0, 0.05) is 4.47 Å². The zero-order chi connectivity index (χ0) is 14.5. The lowest BCUT2D eigenvalue weighted by molar-refractivity contribution is 0.315. The minimum atomic E-state index is -0.177. The molecule has 0 aliphatic heterocycles. The van der Waals surface area contributed by atoms with Gasteiger partial charge in [-0.15, -0.1) is 11.6 Å². The van der Waals surface area contributed by atoms with Crippen molar-refractivity contribution < 1.29 is 4.74 Å². The van der Waals surface area contributed by atoms with Crippen LogP contribution in [0.4, 0.5) is 0 Å². The van der Waals surface area contributed by atoms with Crippen LogP contribution >= 0.6 is 43.5 Å². The molecule has 0 bridgehead atoms. The van der Waals surface area contributed by atoms with Crippen molar-refractivity contribution in [3.63, 3.8) is 0 Å². The van der Waals surface area contributed by atoms with Crippen molar-refractivity contribution in [1.29, 1.82) is 0 Å². The van der Waals surface area contributed by atoms with Crippen LogP contribution in [0.1, 0.15) is 29.8 Å². The van der Waals surface area contributed by atoms with E-state index in [1.54, 1.807) is 0 Å². The van der Waals surface area contributed by atoms with Gasteiger partial charge in [-0.3, -0.25) is 0 Å². The number of halogens is 3. The van der Waals surface area contributed by atoms with E-state index in [0.717, 1.165) is 32.2 Å². The molecule has 0 saturated carbocycles. The molecule has 0 amide bonds. The Morgan fingerprint density at radius 3 is 2.50 bits per heavy atom. The highest BCUT2D eigenvalue weighted by atomic mass is 79.9. The average Bonchev–Trinajstić information content (AvgIpc) is 2.45. The number of alkyl halides is 1. The van der Waals surface area contributed by atoms with Crippen molar-refractivity contribution in [1.82, 2.24) is 0 Å². The molecule has 4 heteroatoms. The Hall–Kier alpha value is -0.510. The molecule has 2 aromatic rings. The molecule has 0 aliphatic carbocycles. The second-order valence-corrected chi connectivity index (χ2v) is 6.66. The molecule has 0 aromatic heterocycles. The average molecular weight is 419 g/mol. The van der Waals surface area contributed by atoms with Gasteiger partial charge >= 0.3 is 0 Å². The lowest BCUT2D eigenvalue weighted by Gasteiger charge is -2.13. The molecular weight excluding hydrogens is 403 g/mol. The third kappa shape index (κ3) is 4.00. The van der Waals surface area contributed by atoms with E-state index < -0.39 is 0 Å². The zero-order valence-corrected chi connectivity index (χ0v) is 15.0. The summed E-state index contributed by atoms with van der Waals surface area (Å²) >= 11 is 13.6. The SMILES string of the molecule is CCCOc1ccc(C(Cl)c2cccc(Br)c2)cc1Br. The lowest BCUT2D eigenvalue weighted by atomic mass is 10.0. The van der Waals surface area contributed by atoms with Crippen LogP contribution in [0, 0.1) is 0 Å². The first-order valence-electron chi connectivity index (χ1n) is 6.43. The maximum atomic E-state index is 6.55. The van der Waals surface area contributed by atoms with Gasteiger partial charge in [0.25, 0.3) is 0 Å². The van der Waals surface area contributed by atoms with Gasteiger partial charge in [0.05, 0.1) is 16.5 Å². The van der Waals surface area contributed by atoms with Crippen LogP contribution in [0.15, 0.2) is 51.4 Å². The van der Waals surface area contributed by atoms with E-state index in [4.69, 9.17) is 16.3 Å². The van der Waals surface area contributed by atoms with Crippen molar-refractivity contribution in [2.45, 2.75) is 18.7 Å². The summed E-state index contributed by atoms with van der Waals surface area (Å²) in [4.78, 5) is 0. The monoisotopic (exact) mass is 416 g/mol. The molecule has 106 valence electrons. The van der Waals surface area contributed by atoms with Gasteiger partial charge < -0.3 is 4.74 Å². The Labute approximate surface area is 141 Å². The fourth-order valence-corrected chi connectivity index (χ4v) is 3.06. The Bertz CT molecular complexity index is 586. The lowest BCUT2D eigenvalue weighted by Crippen LogP contribution is -1.98. The first kappa shape index (κ1) is 15.9. The Morgan fingerprint density at radius 1 is 1.10 bits per heavy atom. The number of ether oxygens (including phenoxy) is 1. The van der Waals surface area contributed by atoms with Crippen molar-refractivity contribution in [3.05, 3.63) is 62.5 Å². The van der Waals surface area contributed by atoms with Crippen molar-refractivity contribution in [3.8, 4) is 5.75 Å². The molecule has 0 spiro atoms. The van der Waals surface area contributed by atoms with E-state index in [2.05, 4.69) is 38.8 Å². The highest BCUT2D eigenvalue weighted by Crippen LogP contribution is 2.35. The summed E-state index contributed by atoms with van der Waals surface area (Å²) in [6, 6.07) is 14.0. The molecule has 2 aromatic carbocycles. The van der Waals surface area contributed by atoms with Gasteiger partial charge in [0.2, 0.25) is 0 Å². The summed E-state index contributed by atoms with van der Waals surface area (Å²) in [6.45, 7) is 2.80. The van der Waals surface area contributed by atoms with E-state index in [0.29, 0.717) is 6.61 Å². The van der Waals surface area contributed by atoms with Gasteiger partial charge in [0.15, 0.2) is 0 Å². The van der Waals surface area contributed by atoms with Crippen molar-refractivity contribution in [2.75, 3.05) is 6.61 Å². The molecule has 0 fully saturated rings. The van der Waals surface area contributed by atoms with Crippen LogP contribution in [0.3, 0.4) is 0 Å². The maximum absolute atomic E-state index is 6.55. The van der Waals surface area contributed by atoms with E-state index in [1.807, 2.05) is 42.5 Å². The van der Waals surface area contributed by atoms with Crippen LogP contribution in [-0.4, -0.2) is 6.61 Å². The molecule has 20 heavy (non-hydrogen) atoms. The number of benzene rings is 2. The van der Waals surface area contributed by atoms with E-state index in [1.165, 1.54) is 0 Å². The molecule has 1 atom stereocenters. The molecule has 0 radical (unpaired) electrons. The summed E-state index contributed by atoms with van der Waals surface area (Å²) in [5.74, 6) is 0.855. The molecule has 1 unspecified atom stereocenters. The zero-order valence-electron chi connectivity index (χ0n) is 11.1. The molecule has 0 N–H and O–H groups in total. The van der Waals surface area contributed by atoms with Crippen LogP contribution < -0.4 is 4.74 Å². The summed E-state index contributed by atoms with van der Waals surface area (Å²) in [7, 11) is 0. The largest absolute Gasteiger partial charge is 0.492 e. The summed E-state index contributed by atoms with van der Waals surface area (Å²) in [5.41, 5.74) is 2.11. The summed E-state index contributed by atoms with van der Waals surface area (Å²) in [6.07, 6.45) is 0.990. The number of hydrogen-bond donors (Lipinski definition) is 0. The summed E-state index contributed by atoms with van der Waals surface area (Å²) in [5, 5.41) is -0.177. The Balaban J connectivity index is 2.22. The fraction of sp³-hybridized carbons (Fsp3) is 0.250. The van der Waals surface area contributed by atoms with E-state index >= 15 is 0 Å². The maximum Gasteiger partial charge on any atom is 0.133 e. The van der Waals surface area contributed by atoms with E-state index in [-0.39, 0.29) is 5.38 Å². The highest BCUT2D eigenvalue weighted by Gasteiger charge is 2.13. The second kappa shape index (κ2) is 7.48.